The van der Waals surface area contributed by atoms with E-state index in [2.05, 4.69) is 59.7 Å². The number of hydrogen-bond acceptors (Lipinski definition) is 9. The molecule has 1 atom stereocenters. The van der Waals surface area contributed by atoms with Crippen LogP contribution in [0, 0.1) is 10.1 Å². The number of hydrogen-bond donors (Lipinski definition) is 3. The zero-order chi connectivity index (χ0) is 24.2. The molecule has 35 heavy (non-hydrogen) atoms. The Morgan fingerprint density at radius 2 is 1.86 bits per heavy atom. The molecule has 1 aliphatic rings. The van der Waals surface area contributed by atoms with Crippen LogP contribution < -0.4 is 15.5 Å². The Balaban J connectivity index is 1.44. The zero-order valence-corrected chi connectivity index (χ0v) is 19.2. The third kappa shape index (κ3) is 4.94. The summed E-state index contributed by atoms with van der Waals surface area (Å²) in [5.41, 5.74) is 3.65. The molecule has 178 valence electrons. The predicted molar refractivity (Wildman–Crippen MR) is 133 cm³/mol. The minimum absolute atomic E-state index is 0.0613. The van der Waals surface area contributed by atoms with Gasteiger partial charge in [0.1, 0.15) is 17.8 Å². The number of aromatic nitrogens is 5. The van der Waals surface area contributed by atoms with Gasteiger partial charge >= 0.3 is 0 Å². The molecule has 4 aromatic rings. The van der Waals surface area contributed by atoms with E-state index in [0.29, 0.717) is 17.5 Å². The largest absolute Gasteiger partial charge is 0.369 e. The van der Waals surface area contributed by atoms with Crippen LogP contribution >= 0.6 is 0 Å². The number of aromatic amines is 1. The SMILES string of the molecule is CC(Nc1ccc([N+](=O)[O-])cn1)c1ncc(-c2ncc[nH]2)c(-c2ccc(N3CCNCC3)cc2)n1. The van der Waals surface area contributed by atoms with Crippen LogP contribution in [0.25, 0.3) is 22.6 Å². The molecule has 4 heterocycles. The molecule has 3 aromatic heterocycles. The van der Waals surface area contributed by atoms with Crippen LogP contribution in [0.2, 0.25) is 0 Å². The van der Waals surface area contributed by atoms with Gasteiger partial charge in [0.15, 0.2) is 5.82 Å². The van der Waals surface area contributed by atoms with E-state index in [4.69, 9.17) is 4.98 Å². The predicted octanol–water partition coefficient (Wildman–Crippen LogP) is 3.42. The molecule has 0 saturated carbocycles. The van der Waals surface area contributed by atoms with Gasteiger partial charge in [-0.3, -0.25) is 10.1 Å². The summed E-state index contributed by atoms with van der Waals surface area (Å²) in [5, 5.41) is 17.5. The van der Waals surface area contributed by atoms with Crippen molar-refractivity contribution in [1.82, 2.24) is 30.2 Å². The van der Waals surface area contributed by atoms with Crippen molar-refractivity contribution in [3.05, 3.63) is 77.1 Å². The lowest BCUT2D eigenvalue weighted by molar-refractivity contribution is -0.385. The molecule has 1 aliphatic heterocycles. The molecule has 0 bridgehead atoms. The van der Waals surface area contributed by atoms with Crippen LogP contribution in [-0.2, 0) is 0 Å². The first-order valence-electron chi connectivity index (χ1n) is 11.4. The van der Waals surface area contributed by atoms with E-state index in [1.165, 1.54) is 18.0 Å². The zero-order valence-electron chi connectivity index (χ0n) is 19.2. The molecule has 3 N–H and O–H groups in total. The minimum Gasteiger partial charge on any atom is -0.369 e. The number of anilines is 2. The van der Waals surface area contributed by atoms with Gasteiger partial charge in [-0.2, -0.15) is 0 Å². The standard InChI is InChI=1S/C24H25N9O2/c1-16(30-21-7-6-19(14-28-21)33(34)35)23-29-15-20(24-26-8-9-27-24)22(31-23)17-2-4-18(5-3-17)32-12-10-25-11-13-32/h2-9,14-16,25H,10-13H2,1H3,(H,26,27)(H,28,30). The third-order valence-electron chi connectivity index (χ3n) is 5.89. The first-order chi connectivity index (χ1) is 17.1. The lowest BCUT2D eigenvalue weighted by Gasteiger charge is -2.29. The van der Waals surface area contributed by atoms with E-state index in [0.717, 1.165) is 43.0 Å². The number of H-pyrrole nitrogens is 1. The highest BCUT2D eigenvalue weighted by Gasteiger charge is 2.18. The maximum absolute atomic E-state index is 10.9. The van der Waals surface area contributed by atoms with Crippen molar-refractivity contribution in [3.63, 3.8) is 0 Å². The number of nitro groups is 1. The summed E-state index contributed by atoms with van der Waals surface area (Å²) in [6, 6.07) is 11.1. The first-order valence-corrected chi connectivity index (χ1v) is 11.4. The van der Waals surface area contributed by atoms with Crippen molar-refractivity contribution in [2.45, 2.75) is 13.0 Å². The number of benzene rings is 1. The van der Waals surface area contributed by atoms with Crippen LogP contribution in [-0.4, -0.2) is 56.0 Å². The molecule has 0 spiro atoms. The number of nitrogens with zero attached hydrogens (tertiary/aromatic N) is 6. The summed E-state index contributed by atoms with van der Waals surface area (Å²) in [6.45, 7) is 5.84. The number of rotatable bonds is 7. The lowest BCUT2D eigenvalue weighted by atomic mass is 10.1. The van der Waals surface area contributed by atoms with Crippen LogP contribution in [0.5, 0.6) is 0 Å². The average molecular weight is 472 g/mol. The highest BCUT2D eigenvalue weighted by atomic mass is 16.6. The first kappa shape index (κ1) is 22.4. The molecule has 11 heteroatoms. The van der Waals surface area contributed by atoms with Gasteiger partial charge in [-0.05, 0) is 25.1 Å². The minimum atomic E-state index is -0.476. The van der Waals surface area contributed by atoms with Gasteiger partial charge in [-0.25, -0.2) is 19.9 Å². The van der Waals surface area contributed by atoms with Crippen molar-refractivity contribution in [3.8, 4) is 22.6 Å². The van der Waals surface area contributed by atoms with E-state index in [1.54, 1.807) is 24.7 Å². The van der Waals surface area contributed by atoms with Gasteiger partial charge < -0.3 is 20.5 Å². The molecule has 1 fully saturated rings. The van der Waals surface area contributed by atoms with Gasteiger partial charge in [-0.1, -0.05) is 12.1 Å². The van der Waals surface area contributed by atoms with Gasteiger partial charge in [0.2, 0.25) is 0 Å². The second-order valence-electron chi connectivity index (χ2n) is 8.24. The Morgan fingerprint density at radius 1 is 1.06 bits per heavy atom. The molecular formula is C24H25N9O2. The molecule has 1 saturated heterocycles. The second kappa shape index (κ2) is 9.85. The summed E-state index contributed by atoms with van der Waals surface area (Å²) >= 11 is 0. The number of nitrogens with one attached hydrogen (secondary N) is 3. The van der Waals surface area contributed by atoms with Crippen LogP contribution in [0.3, 0.4) is 0 Å². The van der Waals surface area contributed by atoms with Crippen molar-refractivity contribution >= 4 is 17.2 Å². The Morgan fingerprint density at radius 3 is 2.51 bits per heavy atom. The summed E-state index contributed by atoms with van der Waals surface area (Å²) in [5.74, 6) is 1.76. The second-order valence-corrected chi connectivity index (χ2v) is 8.24. The van der Waals surface area contributed by atoms with Crippen molar-refractivity contribution < 1.29 is 4.92 Å². The number of piperazine rings is 1. The quantitative estimate of drug-likeness (QED) is 0.273. The molecule has 11 nitrogen and oxygen atoms in total. The smallest absolute Gasteiger partial charge is 0.287 e. The van der Waals surface area contributed by atoms with Gasteiger partial charge in [0.25, 0.3) is 5.69 Å². The Hall–Kier alpha value is -4.38. The molecule has 0 aliphatic carbocycles. The maximum Gasteiger partial charge on any atom is 0.287 e. The average Bonchev–Trinajstić information content (AvgIpc) is 3.44. The Labute approximate surface area is 201 Å². The fourth-order valence-corrected chi connectivity index (χ4v) is 4.03. The molecule has 5 rings (SSSR count). The summed E-state index contributed by atoms with van der Waals surface area (Å²) < 4.78 is 0. The molecule has 0 amide bonds. The van der Waals surface area contributed by atoms with Crippen LogP contribution in [0.4, 0.5) is 17.2 Å². The molecular weight excluding hydrogens is 446 g/mol. The third-order valence-corrected chi connectivity index (χ3v) is 5.89. The number of imidazole rings is 1. The molecule has 1 aromatic carbocycles. The molecule has 0 radical (unpaired) electrons. The maximum atomic E-state index is 10.9. The van der Waals surface area contributed by atoms with Crippen LogP contribution in [0.15, 0.2) is 61.2 Å². The van der Waals surface area contributed by atoms with Crippen molar-refractivity contribution in [2.75, 3.05) is 36.4 Å². The topological polar surface area (TPSA) is 138 Å². The van der Waals surface area contributed by atoms with E-state index in [9.17, 15) is 10.1 Å². The summed E-state index contributed by atoms with van der Waals surface area (Å²) in [6.07, 6.45) is 6.46. The highest BCUT2D eigenvalue weighted by Crippen LogP contribution is 2.31. The fourth-order valence-electron chi connectivity index (χ4n) is 4.03. The highest BCUT2D eigenvalue weighted by molar-refractivity contribution is 5.77. The molecule has 1 unspecified atom stereocenters. The van der Waals surface area contributed by atoms with Gasteiger partial charge in [-0.15, -0.1) is 0 Å². The van der Waals surface area contributed by atoms with Crippen molar-refractivity contribution in [1.29, 1.82) is 0 Å². The lowest BCUT2D eigenvalue weighted by Crippen LogP contribution is -2.43. The Kier molecular flexibility index (Phi) is 6.31. The van der Waals surface area contributed by atoms with E-state index >= 15 is 0 Å². The number of pyridine rings is 1. The van der Waals surface area contributed by atoms with E-state index < -0.39 is 4.92 Å². The normalized spacial score (nSPS) is 14.5. The summed E-state index contributed by atoms with van der Waals surface area (Å²) in [4.78, 5) is 33.9. The monoisotopic (exact) mass is 471 g/mol. The van der Waals surface area contributed by atoms with Gasteiger partial charge in [0.05, 0.1) is 22.2 Å². The van der Waals surface area contributed by atoms with Crippen molar-refractivity contribution in [2.24, 2.45) is 0 Å². The van der Waals surface area contributed by atoms with Gasteiger partial charge in [0, 0.05) is 62.1 Å². The van der Waals surface area contributed by atoms with E-state index in [-0.39, 0.29) is 11.7 Å². The van der Waals surface area contributed by atoms with E-state index in [1.807, 2.05) is 6.92 Å². The Bertz CT molecular complexity index is 1290. The summed E-state index contributed by atoms with van der Waals surface area (Å²) in [7, 11) is 0. The van der Waals surface area contributed by atoms with Crippen LogP contribution in [0.1, 0.15) is 18.8 Å². The fraction of sp³-hybridized carbons (Fsp3) is 0.250.